The van der Waals surface area contributed by atoms with Gasteiger partial charge in [-0.05, 0) is 49.5 Å². The molecule has 2 rings (SSSR count). The molecule has 1 aliphatic rings. The molecule has 0 unspecified atom stereocenters. The highest BCUT2D eigenvalue weighted by Gasteiger charge is 2.16. The Labute approximate surface area is 90.6 Å². The van der Waals surface area contributed by atoms with E-state index in [1.54, 1.807) is 7.11 Å². The van der Waals surface area contributed by atoms with Crippen LogP contribution in [0.5, 0.6) is 5.75 Å². The molecule has 15 heavy (non-hydrogen) atoms. The summed E-state index contributed by atoms with van der Waals surface area (Å²) < 4.78 is 5.23. The average molecular weight is 206 g/mol. The molecule has 1 aromatic carbocycles. The van der Waals surface area contributed by atoms with Crippen LogP contribution in [0.1, 0.15) is 24.3 Å². The van der Waals surface area contributed by atoms with E-state index in [9.17, 15) is 0 Å². The fraction of sp³-hybridized carbons (Fsp3) is 0.500. The summed E-state index contributed by atoms with van der Waals surface area (Å²) in [7, 11) is 1.68. The van der Waals surface area contributed by atoms with Gasteiger partial charge in [-0.25, -0.2) is 0 Å². The molecular formula is C12H18N2O. The van der Waals surface area contributed by atoms with Gasteiger partial charge in [-0.2, -0.15) is 0 Å². The first-order valence-corrected chi connectivity index (χ1v) is 5.45. The Kier molecular flexibility index (Phi) is 3.11. The van der Waals surface area contributed by atoms with Crippen molar-refractivity contribution in [2.45, 2.75) is 18.8 Å². The van der Waals surface area contributed by atoms with Crippen molar-refractivity contribution in [1.29, 1.82) is 0 Å². The minimum atomic E-state index is 0.628. The zero-order valence-corrected chi connectivity index (χ0v) is 9.12. The molecule has 1 heterocycles. The van der Waals surface area contributed by atoms with Gasteiger partial charge in [0.05, 0.1) is 7.11 Å². The van der Waals surface area contributed by atoms with Gasteiger partial charge in [0.25, 0.3) is 0 Å². The average Bonchev–Trinajstić information content (AvgIpc) is 2.29. The van der Waals surface area contributed by atoms with Crippen LogP contribution >= 0.6 is 0 Å². The Morgan fingerprint density at radius 3 is 2.67 bits per heavy atom. The molecule has 3 N–H and O–H groups in total. The van der Waals surface area contributed by atoms with E-state index in [1.807, 2.05) is 6.07 Å². The minimum absolute atomic E-state index is 0.628. The Morgan fingerprint density at radius 1 is 1.27 bits per heavy atom. The van der Waals surface area contributed by atoms with E-state index in [0.717, 1.165) is 24.5 Å². The highest BCUT2D eigenvalue weighted by atomic mass is 16.5. The Hall–Kier alpha value is -1.22. The third-order valence-corrected chi connectivity index (χ3v) is 3.00. The van der Waals surface area contributed by atoms with Crippen molar-refractivity contribution < 1.29 is 4.74 Å². The molecule has 3 heteroatoms. The molecular weight excluding hydrogens is 188 g/mol. The van der Waals surface area contributed by atoms with Gasteiger partial charge in [-0.3, -0.25) is 0 Å². The lowest BCUT2D eigenvalue weighted by Crippen LogP contribution is -2.26. The van der Waals surface area contributed by atoms with Crippen LogP contribution in [0.2, 0.25) is 0 Å². The fourth-order valence-corrected chi connectivity index (χ4v) is 2.15. The first-order chi connectivity index (χ1) is 7.29. The Morgan fingerprint density at radius 2 is 2.00 bits per heavy atom. The second-order valence-electron chi connectivity index (χ2n) is 4.06. The van der Waals surface area contributed by atoms with E-state index >= 15 is 0 Å². The number of ether oxygens (including phenoxy) is 1. The van der Waals surface area contributed by atoms with Crippen molar-refractivity contribution in [2.24, 2.45) is 0 Å². The van der Waals surface area contributed by atoms with Crippen molar-refractivity contribution >= 4 is 5.69 Å². The first kappa shape index (κ1) is 10.3. The fourth-order valence-electron chi connectivity index (χ4n) is 2.15. The maximum absolute atomic E-state index is 5.85. The highest BCUT2D eigenvalue weighted by molar-refractivity contribution is 5.48. The molecule has 0 amide bonds. The van der Waals surface area contributed by atoms with Gasteiger partial charge in [0.15, 0.2) is 0 Å². The van der Waals surface area contributed by atoms with E-state index in [1.165, 1.54) is 18.4 Å². The number of hydrogen-bond donors (Lipinski definition) is 2. The molecule has 0 spiro atoms. The minimum Gasteiger partial charge on any atom is -0.497 e. The summed E-state index contributed by atoms with van der Waals surface area (Å²) in [5, 5.41) is 3.37. The van der Waals surface area contributed by atoms with E-state index in [4.69, 9.17) is 10.5 Å². The molecule has 0 aliphatic carbocycles. The first-order valence-electron chi connectivity index (χ1n) is 5.45. The summed E-state index contributed by atoms with van der Waals surface area (Å²) in [4.78, 5) is 0. The van der Waals surface area contributed by atoms with Crippen LogP contribution in [0.15, 0.2) is 18.2 Å². The monoisotopic (exact) mass is 206 g/mol. The maximum atomic E-state index is 5.85. The molecule has 0 aromatic heterocycles. The molecule has 0 atom stereocenters. The molecule has 0 saturated carbocycles. The van der Waals surface area contributed by atoms with E-state index < -0.39 is 0 Å². The van der Waals surface area contributed by atoms with Crippen LogP contribution in [0, 0.1) is 0 Å². The SMILES string of the molecule is COc1cc(N)cc(C2CCNCC2)c1. The number of nitrogen functional groups attached to an aromatic ring is 1. The number of rotatable bonds is 2. The lowest BCUT2D eigenvalue weighted by Gasteiger charge is -2.23. The van der Waals surface area contributed by atoms with Gasteiger partial charge in [0.2, 0.25) is 0 Å². The van der Waals surface area contributed by atoms with Crippen molar-refractivity contribution in [3.63, 3.8) is 0 Å². The summed E-state index contributed by atoms with van der Waals surface area (Å²) in [6, 6.07) is 6.04. The number of anilines is 1. The van der Waals surface area contributed by atoms with Crippen LogP contribution in [0.3, 0.4) is 0 Å². The normalized spacial score (nSPS) is 17.7. The standard InChI is InChI=1S/C12H18N2O/c1-15-12-7-10(6-11(13)8-12)9-2-4-14-5-3-9/h6-9,14H,2-5,13H2,1H3. The van der Waals surface area contributed by atoms with E-state index in [-0.39, 0.29) is 0 Å². The second-order valence-corrected chi connectivity index (χ2v) is 4.06. The van der Waals surface area contributed by atoms with Gasteiger partial charge < -0.3 is 15.8 Å². The molecule has 1 aromatic rings. The Balaban J connectivity index is 2.22. The van der Waals surface area contributed by atoms with Crippen LogP contribution in [-0.4, -0.2) is 20.2 Å². The van der Waals surface area contributed by atoms with Crippen LogP contribution in [-0.2, 0) is 0 Å². The summed E-state index contributed by atoms with van der Waals surface area (Å²) in [6.45, 7) is 2.20. The lowest BCUT2D eigenvalue weighted by molar-refractivity contribution is 0.411. The zero-order valence-electron chi connectivity index (χ0n) is 9.12. The molecule has 3 nitrogen and oxygen atoms in total. The third kappa shape index (κ3) is 2.42. The largest absolute Gasteiger partial charge is 0.497 e. The lowest BCUT2D eigenvalue weighted by atomic mass is 9.90. The van der Waals surface area contributed by atoms with Crippen LogP contribution in [0.4, 0.5) is 5.69 Å². The summed E-state index contributed by atoms with van der Waals surface area (Å²) >= 11 is 0. The third-order valence-electron chi connectivity index (χ3n) is 3.00. The molecule has 1 aliphatic heterocycles. The van der Waals surface area contributed by atoms with Crippen molar-refractivity contribution in [2.75, 3.05) is 25.9 Å². The summed E-state index contributed by atoms with van der Waals surface area (Å²) in [6.07, 6.45) is 2.37. The number of benzene rings is 1. The number of methoxy groups -OCH3 is 1. The predicted octanol–water partition coefficient (Wildman–Crippen LogP) is 1.74. The summed E-state index contributed by atoms with van der Waals surface area (Å²) in [5.41, 5.74) is 7.95. The molecule has 82 valence electrons. The molecule has 0 radical (unpaired) electrons. The van der Waals surface area contributed by atoms with Crippen LogP contribution < -0.4 is 15.8 Å². The highest BCUT2D eigenvalue weighted by Crippen LogP contribution is 2.29. The molecule has 1 saturated heterocycles. The topological polar surface area (TPSA) is 47.3 Å². The van der Waals surface area contributed by atoms with E-state index in [2.05, 4.69) is 17.4 Å². The van der Waals surface area contributed by atoms with Gasteiger partial charge in [-0.1, -0.05) is 0 Å². The smallest absolute Gasteiger partial charge is 0.121 e. The van der Waals surface area contributed by atoms with Gasteiger partial charge >= 0.3 is 0 Å². The molecule has 0 bridgehead atoms. The molecule has 1 fully saturated rings. The number of nitrogens with one attached hydrogen (secondary N) is 1. The zero-order chi connectivity index (χ0) is 10.7. The van der Waals surface area contributed by atoms with Gasteiger partial charge in [-0.15, -0.1) is 0 Å². The summed E-state index contributed by atoms with van der Waals surface area (Å²) in [5.74, 6) is 1.49. The quantitative estimate of drug-likeness (QED) is 0.725. The predicted molar refractivity (Wildman–Crippen MR) is 62.3 cm³/mol. The van der Waals surface area contributed by atoms with Gasteiger partial charge in [0, 0.05) is 11.8 Å². The second kappa shape index (κ2) is 4.53. The number of hydrogen-bond acceptors (Lipinski definition) is 3. The van der Waals surface area contributed by atoms with Crippen molar-refractivity contribution in [1.82, 2.24) is 5.32 Å². The van der Waals surface area contributed by atoms with E-state index in [0.29, 0.717) is 5.92 Å². The van der Waals surface area contributed by atoms with Crippen molar-refractivity contribution in [3.05, 3.63) is 23.8 Å². The van der Waals surface area contributed by atoms with Gasteiger partial charge in [0.1, 0.15) is 5.75 Å². The van der Waals surface area contributed by atoms with Crippen LogP contribution in [0.25, 0.3) is 0 Å². The number of nitrogens with two attached hydrogens (primary N) is 1. The Bertz CT molecular complexity index is 332. The number of piperidine rings is 1. The maximum Gasteiger partial charge on any atom is 0.121 e. The van der Waals surface area contributed by atoms with Crippen molar-refractivity contribution in [3.8, 4) is 5.75 Å².